The minimum absolute atomic E-state index is 0.0930. The van der Waals surface area contributed by atoms with Crippen molar-refractivity contribution in [2.45, 2.75) is 26.2 Å². The van der Waals surface area contributed by atoms with Crippen LogP contribution in [-0.2, 0) is 4.79 Å². The largest absolute Gasteiger partial charge is 0.422 e. The van der Waals surface area contributed by atoms with E-state index in [9.17, 15) is 9.59 Å². The lowest BCUT2D eigenvalue weighted by molar-refractivity contribution is -0.121. The molecule has 120 valence electrons. The zero-order valence-electron chi connectivity index (χ0n) is 12.8. The first-order valence-electron chi connectivity index (χ1n) is 7.36. The third kappa shape index (κ3) is 5.67. The molecule has 0 unspecified atom stereocenters. The van der Waals surface area contributed by atoms with E-state index in [1.165, 1.54) is 11.3 Å². The summed E-state index contributed by atoms with van der Waals surface area (Å²) in [6, 6.07) is 10.4. The number of carbonyl (C=O) groups excluding carboxylic acids is 2. The molecule has 0 radical (unpaired) electrons. The van der Waals surface area contributed by atoms with Gasteiger partial charge in [0.15, 0.2) is 0 Å². The molecule has 0 spiro atoms. The van der Waals surface area contributed by atoms with Crippen LogP contribution in [-0.4, -0.2) is 18.1 Å². The maximum absolute atomic E-state index is 11.8. The number of thiophene rings is 1. The fraction of sp³-hybridized carbons (Fsp3) is 0.235. The van der Waals surface area contributed by atoms with Crippen LogP contribution in [0.15, 0.2) is 46.9 Å². The smallest absolute Gasteiger partial charge is 0.353 e. The van der Waals surface area contributed by atoms with Gasteiger partial charge in [-0.3, -0.25) is 4.79 Å². The van der Waals surface area contributed by atoms with Crippen molar-refractivity contribution in [1.29, 1.82) is 0 Å². The van der Waals surface area contributed by atoms with E-state index in [4.69, 9.17) is 4.74 Å². The Morgan fingerprint density at radius 1 is 1.26 bits per heavy atom. The Bertz CT molecular complexity index is 664. The van der Waals surface area contributed by atoms with Gasteiger partial charge in [0, 0.05) is 6.42 Å². The van der Waals surface area contributed by atoms with Crippen LogP contribution in [0.25, 0.3) is 0 Å². The number of esters is 1. The van der Waals surface area contributed by atoms with Crippen molar-refractivity contribution in [2.75, 3.05) is 0 Å². The van der Waals surface area contributed by atoms with Crippen LogP contribution in [0.3, 0.4) is 0 Å². The Morgan fingerprint density at radius 3 is 2.70 bits per heavy atom. The lowest BCUT2D eigenvalue weighted by Crippen LogP contribution is -2.16. The van der Waals surface area contributed by atoms with Gasteiger partial charge >= 0.3 is 5.97 Å². The average molecular weight is 330 g/mol. The number of hydrogen-bond acceptors (Lipinski definition) is 5. The number of nitrogens with zero attached hydrogens (tertiary/aromatic N) is 1. The van der Waals surface area contributed by atoms with Gasteiger partial charge in [0.1, 0.15) is 10.6 Å². The molecule has 1 aromatic heterocycles. The second-order valence-corrected chi connectivity index (χ2v) is 5.78. The quantitative estimate of drug-likeness (QED) is 0.365. The number of unbranched alkanes of at least 4 members (excludes halogenated alkanes) is 1. The normalized spacial score (nSPS) is 10.7. The molecule has 0 fully saturated rings. The maximum Gasteiger partial charge on any atom is 0.353 e. The maximum atomic E-state index is 11.8. The second-order valence-electron chi connectivity index (χ2n) is 4.83. The fourth-order valence-corrected chi connectivity index (χ4v) is 2.34. The minimum Gasteiger partial charge on any atom is -0.422 e. The van der Waals surface area contributed by atoms with Gasteiger partial charge in [0.25, 0.3) is 0 Å². The highest BCUT2D eigenvalue weighted by atomic mass is 32.1. The summed E-state index contributed by atoms with van der Waals surface area (Å²) >= 11 is 1.34. The van der Waals surface area contributed by atoms with Crippen molar-refractivity contribution in [3.63, 3.8) is 0 Å². The molecule has 6 heteroatoms. The summed E-state index contributed by atoms with van der Waals surface area (Å²) in [7, 11) is 0. The molecule has 1 aromatic carbocycles. The van der Waals surface area contributed by atoms with Crippen molar-refractivity contribution in [2.24, 2.45) is 5.10 Å². The summed E-state index contributed by atoms with van der Waals surface area (Å²) in [4.78, 5) is 23.8. The lowest BCUT2D eigenvalue weighted by Gasteiger charge is -2.03. The standard InChI is InChI=1S/C17H18N2O3S/c1-2-3-6-16(20)19-18-12-13-7-9-14(10-8-13)22-17(21)15-5-4-11-23-15/h4-5,7-12H,2-3,6H2,1H3,(H,19,20)/b18-12+. The lowest BCUT2D eigenvalue weighted by atomic mass is 10.2. The molecule has 0 aliphatic rings. The van der Waals surface area contributed by atoms with E-state index >= 15 is 0 Å². The monoisotopic (exact) mass is 330 g/mol. The molecule has 2 aromatic rings. The van der Waals surface area contributed by atoms with Crippen LogP contribution in [0.5, 0.6) is 5.75 Å². The molecule has 2 rings (SSSR count). The minimum atomic E-state index is -0.371. The van der Waals surface area contributed by atoms with E-state index in [1.807, 2.05) is 12.3 Å². The Balaban J connectivity index is 1.84. The first-order chi connectivity index (χ1) is 11.2. The average Bonchev–Trinajstić information content (AvgIpc) is 3.09. The molecular formula is C17H18N2O3S. The molecule has 0 atom stereocenters. The molecule has 5 nitrogen and oxygen atoms in total. The van der Waals surface area contributed by atoms with Gasteiger partial charge in [0.05, 0.1) is 6.21 Å². The first kappa shape index (κ1) is 16.9. The molecule has 1 amide bonds. The molecule has 1 heterocycles. The number of nitrogens with one attached hydrogen (secondary N) is 1. The molecule has 0 saturated heterocycles. The van der Waals surface area contributed by atoms with E-state index < -0.39 is 0 Å². The number of benzene rings is 1. The summed E-state index contributed by atoms with van der Waals surface area (Å²) in [6.45, 7) is 2.03. The van der Waals surface area contributed by atoms with E-state index in [1.54, 1.807) is 42.6 Å². The third-order valence-electron chi connectivity index (χ3n) is 2.97. The highest BCUT2D eigenvalue weighted by Gasteiger charge is 2.08. The van der Waals surface area contributed by atoms with Crippen molar-refractivity contribution in [3.8, 4) is 5.75 Å². The van der Waals surface area contributed by atoms with Crippen molar-refractivity contribution >= 4 is 29.4 Å². The Hall–Kier alpha value is -2.47. The van der Waals surface area contributed by atoms with Crippen LogP contribution in [0.1, 0.15) is 41.4 Å². The van der Waals surface area contributed by atoms with E-state index in [2.05, 4.69) is 10.5 Å². The fourth-order valence-electron chi connectivity index (χ4n) is 1.75. The topological polar surface area (TPSA) is 67.8 Å². The van der Waals surface area contributed by atoms with Crippen LogP contribution in [0.4, 0.5) is 0 Å². The summed E-state index contributed by atoms with van der Waals surface area (Å²) in [5, 5.41) is 5.72. The summed E-state index contributed by atoms with van der Waals surface area (Å²) in [6.07, 6.45) is 3.86. The summed E-state index contributed by atoms with van der Waals surface area (Å²) in [5.74, 6) is 0.00161. The number of hydrazone groups is 1. The van der Waals surface area contributed by atoms with Gasteiger partial charge in [-0.05, 0) is 47.7 Å². The van der Waals surface area contributed by atoms with Gasteiger partial charge in [-0.1, -0.05) is 19.4 Å². The van der Waals surface area contributed by atoms with Crippen LogP contribution in [0, 0.1) is 0 Å². The zero-order valence-corrected chi connectivity index (χ0v) is 13.6. The number of amides is 1. The predicted octanol–water partition coefficient (Wildman–Crippen LogP) is 3.61. The molecule has 0 aliphatic carbocycles. The molecule has 23 heavy (non-hydrogen) atoms. The van der Waals surface area contributed by atoms with Gasteiger partial charge in [-0.25, -0.2) is 10.2 Å². The highest BCUT2D eigenvalue weighted by molar-refractivity contribution is 7.12. The van der Waals surface area contributed by atoms with Gasteiger partial charge < -0.3 is 4.74 Å². The predicted molar refractivity (Wildman–Crippen MR) is 91.0 cm³/mol. The Labute approximate surface area is 139 Å². The van der Waals surface area contributed by atoms with Gasteiger partial charge in [0.2, 0.25) is 5.91 Å². The van der Waals surface area contributed by atoms with Crippen molar-refractivity contribution in [1.82, 2.24) is 5.43 Å². The number of carbonyl (C=O) groups is 2. The van der Waals surface area contributed by atoms with Crippen LogP contribution in [0.2, 0.25) is 0 Å². The number of hydrogen-bond donors (Lipinski definition) is 1. The molecule has 0 saturated carbocycles. The number of rotatable bonds is 7. The van der Waals surface area contributed by atoms with Gasteiger partial charge in [-0.2, -0.15) is 5.10 Å². The second kappa shape index (κ2) is 8.85. The zero-order chi connectivity index (χ0) is 16.5. The van der Waals surface area contributed by atoms with Gasteiger partial charge in [-0.15, -0.1) is 11.3 Å². The summed E-state index contributed by atoms with van der Waals surface area (Å²) < 4.78 is 5.26. The van der Waals surface area contributed by atoms with E-state index in [-0.39, 0.29) is 11.9 Å². The van der Waals surface area contributed by atoms with E-state index in [0.717, 1.165) is 18.4 Å². The molecule has 0 aliphatic heterocycles. The van der Waals surface area contributed by atoms with E-state index in [0.29, 0.717) is 17.0 Å². The Kier molecular flexibility index (Phi) is 6.50. The first-order valence-corrected chi connectivity index (χ1v) is 8.24. The summed E-state index contributed by atoms with van der Waals surface area (Å²) in [5.41, 5.74) is 3.28. The van der Waals surface area contributed by atoms with Crippen molar-refractivity contribution in [3.05, 3.63) is 52.2 Å². The molecule has 1 N–H and O–H groups in total. The molecular weight excluding hydrogens is 312 g/mol. The SMILES string of the molecule is CCCCC(=O)N/N=C/c1ccc(OC(=O)c2cccs2)cc1. The van der Waals surface area contributed by atoms with Crippen LogP contribution < -0.4 is 10.2 Å². The third-order valence-corrected chi connectivity index (χ3v) is 3.82. The van der Waals surface area contributed by atoms with Crippen LogP contribution >= 0.6 is 11.3 Å². The number of ether oxygens (including phenoxy) is 1. The van der Waals surface area contributed by atoms with Crippen molar-refractivity contribution < 1.29 is 14.3 Å². The Morgan fingerprint density at radius 2 is 2.04 bits per heavy atom. The molecule has 0 bridgehead atoms. The highest BCUT2D eigenvalue weighted by Crippen LogP contribution is 2.16.